The third kappa shape index (κ3) is 6.84. The van der Waals surface area contributed by atoms with Crippen LogP contribution in [0, 0.1) is 34.1 Å². The molecule has 0 saturated heterocycles. The van der Waals surface area contributed by atoms with E-state index in [9.17, 15) is 0 Å². The maximum Gasteiger partial charge on any atom is 0.123 e. The summed E-state index contributed by atoms with van der Waals surface area (Å²) in [5, 5.41) is 8.60. The van der Waals surface area contributed by atoms with E-state index in [2.05, 4.69) is 185 Å². The number of rotatable bonds is 7. The topological polar surface area (TPSA) is 6.48 Å². The summed E-state index contributed by atoms with van der Waals surface area (Å²) >= 11 is 0. The zero-order valence-electron chi connectivity index (χ0n) is 45.3. The van der Waals surface area contributed by atoms with E-state index >= 15 is 17.6 Å². The van der Waals surface area contributed by atoms with Crippen LogP contribution in [0.25, 0.3) is 65.3 Å². The zero-order chi connectivity index (χ0) is 55.0. The Kier molecular flexibility index (Phi) is 10.9. The summed E-state index contributed by atoms with van der Waals surface area (Å²) in [7, 11) is 0. The summed E-state index contributed by atoms with van der Waals surface area (Å²) in [5.41, 5.74) is 10.7. The monoisotopic (exact) mass is 1050 g/mol. The molecule has 0 amide bonds. The number of anilines is 6. The molecule has 14 rings (SSSR count). The predicted octanol–water partition coefficient (Wildman–Crippen LogP) is 21.1. The number of halogens is 4. The molecule has 0 spiro atoms. The molecule has 12 aromatic rings. The Hall–Kier alpha value is -9.00. The lowest BCUT2D eigenvalue weighted by Gasteiger charge is -2.62. The van der Waals surface area contributed by atoms with Gasteiger partial charge in [0.05, 0.1) is 11.4 Å². The zero-order valence-corrected chi connectivity index (χ0v) is 45.3. The Morgan fingerprint density at radius 1 is 0.275 bits per heavy atom. The van der Waals surface area contributed by atoms with E-state index in [1.165, 1.54) is 70.8 Å². The highest BCUT2D eigenvalue weighted by Crippen LogP contribution is 2.77. The Morgan fingerprint density at radius 3 is 0.838 bits per heavy atom. The molecule has 2 aliphatic carbocycles. The molecule has 0 aliphatic heterocycles. The summed E-state index contributed by atoms with van der Waals surface area (Å²) in [6.45, 7) is 14.4. The number of benzene rings is 12. The van der Waals surface area contributed by atoms with Crippen LogP contribution in [0.1, 0.15) is 63.8 Å². The normalized spacial score (nSPS) is 16.5. The molecule has 80 heavy (non-hydrogen) atoms. The third-order valence-corrected chi connectivity index (χ3v) is 17.7. The first kappa shape index (κ1) is 49.3. The fourth-order valence-corrected chi connectivity index (χ4v) is 15.0. The molecule has 0 radical (unpaired) electrons. The van der Waals surface area contributed by atoms with Gasteiger partial charge >= 0.3 is 0 Å². The van der Waals surface area contributed by atoms with Crippen LogP contribution in [0.2, 0.25) is 0 Å². The van der Waals surface area contributed by atoms with Gasteiger partial charge in [-0.15, -0.1) is 0 Å². The first-order valence-corrected chi connectivity index (χ1v) is 27.4. The molecule has 0 bridgehead atoms. The SMILES string of the molecule is CC(C)(C)C1(C2(C(C)(C)C)c3ccc4ccccc4c3-c3c2cc(N(c2ccc(F)cc2)c2ccc(F)cc2)c2ccccc32)c2ccc3ccccc3c2-c2c1cc(N(c1ccc(F)cc1)c1ccc(F)cc1)c1ccccc21. The van der Waals surface area contributed by atoms with E-state index in [-0.39, 0.29) is 23.3 Å². The molecule has 2 unspecified atom stereocenters. The maximum atomic E-state index is 15.1. The van der Waals surface area contributed by atoms with Gasteiger partial charge in [0.2, 0.25) is 0 Å². The van der Waals surface area contributed by atoms with Crippen molar-refractivity contribution in [1.29, 1.82) is 0 Å². The minimum Gasteiger partial charge on any atom is -0.310 e. The van der Waals surface area contributed by atoms with Gasteiger partial charge in [-0.3, -0.25) is 0 Å². The molecular formula is C74H56F4N2. The molecule has 0 aromatic heterocycles. The number of hydrogen-bond acceptors (Lipinski definition) is 2. The van der Waals surface area contributed by atoms with Gasteiger partial charge < -0.3 is 9.80 Å². The van der Waals surface area contributed by atoms with Crippen LogP contribution in [-0.4, -0.2) is 0 Å². The van der Waals surface area contributed by atoms with Crippen molar-refractivity contribution in [3.05, 3.63) is 276 Å². The minimum absolute atomic E-state index is 0.358. The molecule has 2 nitrogen and oxygen atoms in total. The lowest BCUT2D eigenvalue weighted by atomic mass is 9.39. The van der Waals surface area contributed by atoms with E-state index in [1.54, 1.807) is 48.5 Å². The summed E-state index contributed by atoms with van der Waals surface area (Å²) in [4.78, 5) is 4.30. The van der Waals surface area contributed by atoms with Crippen molar-refractivity contribution in [3.63, 3.8) is 0 Å². The molecule has 6 heteroatoms. The molecule has 390 valence electrons. The quantitative estimate of drug-likeness (QED) is 0.147. The third-order valence-electron chi connectivity index (χ3n) is 17.7. The number of hydrogen-bond donors (Lipinski definition) is 0. The fraction of sp³-hybridized carbons (Fsp3) is 0.135. The summed E-state index contributed by atoms with van der Waals surface area (Å²) in [5.74, 6) is -1.43. The highest BCUT2D eigenvalue weighted by molar-refractivity contribution is 6.19. The molecule has 0 heterocycles. The van der Waals surface area contributed by atoms with Crippen molar-refractivity contribution in [1.82, 2.24) is 0 Å². The van der Waals surface area contributed by atoms with E-state index < -0.39 is 21.7 Å². The van der Waals surface area contributed by atoms with Gasteiger partial charge in [-0.2, -0.15) is 0 Å². The average Bonchev–Trinajstić information content (AvgIpc) is 3.78. The average molecular weight is 1050 g/mol. The Morgan fingerprint density at radius 2 is 0.537 bits per heavy atom. The molecule has 0 N–H and O–H groups in total. The van der Waals surface area contributed by atoms with Crippen LogP contribution >= 0.6 is 0 Å². The summed E-state index contributed by atoms with van der Waals surface area (Å²) < 4.78 is 60.5. The van der Waals surface area contributed by atoms with Gasteiger partial charge in [0.15, 0.2) is 0 Å². The van der Waals surface area contributed by atoms with E-state index in [4.69, 9.17) is 0 Å². The van der Waals surface area contributed by atoms with Crippen molar-refractivity contribution < 1.29 is 17.6 Å². The van der Waals surface area contributed by atoms with Crippen molar-refractivity contribution >= 4 is 77.2 Å². The van der Waals surface area contributed by atoms with Crippen LogP contribution in [0.3, 0.4) is 0 Å². The Bertz CT molecular complexity index is 4100. The van der Waals surface area contributed by atoms with Crippen LogP contribution in [0.4, 0.5) is 51.7 Å². The summed E-state index contributed by atoms with van der Waals surface area (Å²) in [6, 6.07) is 75.2. The van der Waals surface area contributed by atoms with E-state index in [0.29, 0.717) is 0 Å². The fourth-order valence-electron chi connectivity index (χ4n) is 15.0. The number of fused-ring (bicyclic) bond motifs is 14. The van der Waals surface area contributed by atoms with E-state index in [0.717, 1.165) is 99.5 Å². The second-order valence-corrected chi connectivity index (χ2v) is 23.7. The first-order chi connectivity index (χ1) is 38.6. The van der Waals surface area contributed by atoms with Gasteiger partial charge in [-0.25, -0.2) is 17.6 Å². The van der Waals surface area contributed by atoms with Gasteiger partial charge in [-0.05, 0) is 197 Å². The molecule has 2 atom stereocenters. The highest BCUT2D eigenvalue weighted by Gasteiger charge is 2.71. The highest BCUT2D eigenvalue weighted by atomic mass is 19.1. The summed E-state index contributed by atoms with van der Waals surface area (Å²) in [6.07, 6.45) is 0. The van der Waals surface area contributed by atoms with Crippen molar-refractivity contribution in [3.8, 4) is 22.3 Å². The molecule has 2 aliphatic rings. The lowest BCUT2D eigenvalue weighted by molar-refractivity contribution is 0.0596. The number of nitrogens with zero attached hydrogens (tertiary/aromatic N) is 2. The van der Waals surface area contributed by atoms with Crippen LogP contribution in [0.15, 0.2) is 231 Å². The van der Waals surface area contributed by atoms with E-state index in [1.807, 2.05) is 0 Å². The molecule has 12 aromatic carbocycles. The standard InChI is InChI=1S/C74H56F4N2/c1-71(2,3)73(61-41-23-45-15-7-9-17-55(45)67(61)69-59-21-13-11-19-57(59)65(43-63(69)73)79(51-33-25-47(75)26-34-51)52-35-27-48(76)28-36-52)74(72(4,5)6)62-42-24-46-16-8-10-18-56(46)68(62)70-60-22-14-12-20-58(60)66(44-64(70)74)80(53-37-29-49(77)30-38-53)54-39-31-50(78)32-40-54/h7-44H,1-6H3. The van der Waals surface area contributed by atoms with Crippen molar-refractivity contribution in [2.45, 2.75) is 52.4 Å². The van der Waals surface area contributed by atoms with Crippen molar-refractivity contribution in [2.24, 2.45) is 10.8 Å². The van der Waals surface area contributed by atoms with Gasteiger partial charge in [0.1, 0.15) is 23.3 Å². The smallest absolute Gasteiger partial charge is 0.123 e. The second-order valence-electron chi connectivity index (χ2n) is 23.7. The van der Waals surface area contributed by atoms with Crippen molar-refractivity contribution in [2.75, 3.05) is 9.80 Å². The van der Waals surface area contributed by atoms with Gasteiger partial charge in [0, 0.05) is 44.4 Å². The first-order valence-electron chi connectivity index (χ1n) is 27.4. The largest absolute Gasteiger partial charge is 0.310 e. The molecular weight excluding hydrogens is 993 g/mol. The second kappa shape index (κ2) is 17.8. The Balaban J connectivity index is 1.23. The lowest BCUT2D eigenvalue weighted by Crippen LogP contribution is -2.62. The predicted molar refractivity (Wildman–Crippen MR) is 323 cm³/mol. The van der Waals surface area contributed by atoms with Crippen LogP contribution < -0.4 is 9.80 Å². The minimum atomic E-state index is -0.957. The molecule has 0 saturated carbocycles. The maximum absolute atomic E-state index is 15.1. The van der Waals surface area contributed by atoms with Gasteiger partial charge in [-0.1, -0.05) is 163 Å². The van der Waals surface area contributed by atoms with Crippen LogP contribution in [-0.2, 0) is 10.8 Å². The van der Waals surface area contributed by atoms with Crippen LogP contribution in [0.5, 0.6) is 0 Å². The molecule has 0 fully saturated rings. The Labute approximate surface area is 463 Å². The van der Waals surface area contributed by atoms with Gasteiger partial charge in [0.25, 0.3) is 0 Å².